The fourth-order valence-electron chi connectivity index (χ4n) is 2.81. The normalized spacial score (nSPS) is 12.6. The first-order chi connectivity index (χ1) is 14.3. The maximum atomic E-state index is 11.7. The summed E-state index contributed by atoms with van der Waals surface area (Å²) in [5.74, 6) is 1.84. The first kappa shape index (κ1) is 23.3. The lowest BCUT2D eigenvalue weighted by Crippen LogP contribution is -2.39. The van der Waals surface area contributed by atoms with Gasteiger partial charge in [-0.05, 0) is 51.5 Å². The molecule has 2 rings (SSSR count). The van der Waals surface area contributed by atoms with Gasteiger partial charge >= 0.3 is 5.97 Å². The standard InChI is InChI=1S/C22H31N3O5/c1-6-23-22(24-12-18-11-19(15(4)30-18)21(27)28-5)25-13-20(26)16-8-7-9-17(10-16)29-14(2)3/h7-11,14,20,26H,6,12-13H2,1-5H3,(H2,23,24,25). The highest BCUT2D eigenvalue weighted by Gasteiger charge is 2.15. The lowest BCUT2D eigenvalue weighted by atomic mass is 10.1. The Morgan fingerprint density at radius 3 is 2.70 bits per heavy atom. The van der Waals surface area contributed by atoms with Crippen LogP contribution in [-0.4, -0.2) is 43.3 Å². The molecular weight excluding hydrogens is 386 g/mol. The van der Waals surface area contributed by atoms with E-state index in [0.717, 1.165) is 11.3 Å². The van der Waals surface area contributed by atoms with E-state index in [9.17, 15) is 9.90 Å². The monoisotopic (exact) mass is 417 g/mol. The predicted molar refractivity (Wildman–Crippen MR) is 115 cm³/mol. The maximum absolute atomic E-state index is 11.7. The van der Waals surface area contributed by atoms with Gasteiger partial charge in [-0.25, -0.2) is 9.79 Å². The van der Waals surface area contributed by atoms with Gasteiger partial charge in [0.2, 0.25) is 0 Å². The molecule has 0 spiro atoms. The molecule has 0 fully saturated rings. The van der Waals surface area contributed by atoms with Crippen LogP contribution in [0.3, 0.4) is 0 Å². The summed E-state index contributed by atoms with van der Waals surface area (Å²) >= 11 is 0. The van der Waals surface area contributed by atoms with Crippen molar-refractivity contribution in [1.29, 1.82) is 0 Å². The molecule has 0 radical (unpaired) electrons. The number of hydrogen-bond acceptors (Lipinski definition) is 6. The largest absolute Gasteiger partial charge is 0.491 e. The molecule has 0 bridgehead atoms. The number of esters is 1. The minimum Gasteiger partial charge on any atom is -0.491 e. The van der Waals surface area contributed by atoms with Crippen molar-refractivity contribution in [1.82, 2.24) is 10.6 Å². The van der Waals surface area contributed by atoms with Gasteiger partial charge < -0.3 is 29.6 Å². The molecule has 0 saturated carbocycles. The summed E-state index contributed by atoms with van der Waals surface area (Å²) in [5.41, 5.74) is 1.14. The van der Waals surface area contributed by atoms with Crippen molar-refractivity contribution in [3.8, 4) is 5.75 Å². The lowest BCUT2D eigenvalue weighted by Gasteiger charge is -2.17. The van der Waals surface area contributed by atoms with Crippen molar-refractivity contribution in [2.24, 2.45) is 4.99 Å². The molecule has 1 atom stereocenters. The van der Waals surface area contributed by atoms with E-state index < -0.39 is 12.1 Å². The van der Waals surface area contributed by atoms with Crippen LogP contribution in [0.25, 0.3) is 0 Å². The Morgan fingerprint density at radius 1 is 1.27 bits per heavy atom. The van der Waals surface area contributed by atoms with Crippen molar-refractivity contribution < 1.29 is 23.8 Å². The summed E-state index contributed by atoms with van der Waals surface area (Å²) in [6, 6.07) is 9.03. The summed E-state index contributed by atoms with van der Waals surface area (Å²) in [7, 11) is 1.33. The molecule has 1 aromatic heterocycles. The Hall–Kier alpha value is -3.00. The molecule has 0 aliphatic carbocycles. The van der Waals surface area contributed by atoms with Gasteiger partial charge in [0.1, 0.15) is 29.4 Å². The molecule has 164 valence electrons. The Labute approximate surface area is 177 Å². The number of nitrogens with zero attached hydrogens (tertiary/aromatic N) is 1. The van der Waals surface area contributed by atoms with E-state index >= 15 is 0 Å². The minimum absolute atomic E-state index is 0.0629. The molecule has 0 aliphatic heterocycles. The smallest absolute Gasteiger partial charge is 0.341 e. The van der Waals surface area contributed by atoms with Gasteiger partial charge in [-0.3, -0.25) is 0 Å². The number of aliphatic hydroxyl groups excluding tert-OH is 1. The van der Waals surface area contributed by atoms with Crippen LogP contribution in [0.2, 0.25) is 0 Å². The average Bonchev–Trinajstić information content (AvgIpc) is 3.09. The van der Waals surface area contributed by atoms with Crippen LogP contribution in [0.1, 0.15) is 54.3 Å². The predicted octanol–water partition coefficient (Wildman–Crippen LogP) is 2.95. The number of aliphatic imine (C=N–C) groups is 1. The second-order valence-corrected chi connectivity index (χ2v) is 7.01. The molecular formula is C22H31N3O5. The maximum Gasteiger partial charge on any atom is 0.341 e. The summed E-state index contributed by atoms with van der Waals surface area (Å²) in [4.78, 5) is 16.2. The van der Waals surface area contributed by atoms with Crippen LogP contribution in [0.4, 0.5) is 0 Å². The first-order valence-electron chi connectivity index (χ1n) is 9.98. The number of aryl methyl sites for hydroxylation is 1. The second-order valence-electron chi connectivity index (χ2n) is 7.01. The number of methoxy groups -OCH3 is 1. The number of furan rings is 1. The molecule has 1 unspecified atom stereocenters. The zero-order valence-corrected chi connectivity index (χ0v) is 18.2. The lowest BCUT2D eigenvalue weighted by molar-refractivity contribution is 0.0598. The fraction of sp³-hybridized carbons (Fsp3) is 0.455. The minimum atomic E-state index is -0.735. The Kier molecular flexibility index (Phi) is 8.73. The van der Waals surface area contributed by atoms with Gasteiger partial charge in [0.25, 0.3) is 0 Å². The van der Waals surface area contributed by atoms with Crippen LogP contribution >= 0.6 is 0 Å². The van der Waals surface area contributed by atoms with E-state index in [-0.39, 0.29) is 19.2 Å². The zero-order chi connectivity index (χ0) is 22.1. The number of nitrogens with one attached hydrogen (secondary N) is 2. The van der Waals surface area contributed by atoms with Crippen molar-refractivity contribution in [3.05, 3.63) is 53.0 Å². The molecule has 2 aromatic rings. The highest BCUT2D eigenvalue weighted by Crippen LogP contribution is 2.20. The van der Waals surface area contributed by atoms with Crippen molar-refractivity contribution in [3.63, 3.8) is 0 Å². The van der Waals surface area contributed by atoms with Crippen LogP contribution in [0.5, 0.6) is 5.75 Å². The molecule has 1 aromatic carbocycles. The molecule has 0 saturated heterocycles. The number of hydrogen-bond donors (Lipinski definition) is 3. The third-order valence-electron chi connectivity index (χ3n) is 4.19. The van der Waals surface area contributed by atoms with E-state index in [1.54, 1.807) is 13.0 Å². The van der Waals surface area contributed by atoms with Crippen molar-refractivity contribution in [2.75, 3.05) is 20.2 Å². The van der Waals surface area contributed by atoms with Crippen LogP contribution < -0.4 is 15.4 Å². The Morgan fingerprint density at radius 2 is 2.03 bits per heavy atom. The van der Waals surface area contributed by atoms with E-state index in [0.29, 0.717) is 29.6 Å². The summed E-state index contributed by atoms with van der Waals surface area (Å²) in [5, 5.41) is 16.8. The number of carbonyl (C=O) groups is 1. The molecule has 0 aliphatic rings. The number of benzene rings is 1. The topological polar surface area (TPSA) is 105 Å². The Balaban J connectivity index is 2.01. The summed E-state index contributed by atoms with van der Waals surface area (Å²) < 4.78 is 16.0. The van der Waals surface area contributed by atoms with E-state index in [2.05, 4.69) is 15.6 Å². The van der Waals surface area contributed by atoms with Gasteiger partial charge in [0.15, 0.2) is 5.96 Å². The summed E-state index contributed by atoms with van der Waals surface area (Å²) in [6.07, 6.45) is -0.672. The van der Waals surface area contributed by atoms with E-state index in [1.807, 2.05) is 45.0 Å². The van der Waals surface area contributed by atoms with E-state index in [1.165, 1.54) is 7.11 Å². The van der Waals surface area contributed by atoms with Gasteiger partial charge in [0, 0.05) is 13.1 Å². The first-order valence-corrected chi connectivity index (χ1v) is 9.98. The molecule has 0 amide bonds. The molecule has 8 nitrogen and oxygen atoms in total. The zero-order valence-electron chi connectivity index (χ0n) is 18.2. The van der Waals surface area contributed by atoms with Crippen LogP contribution in [0.15, 0.2) is 39.7 Å². The van der Waals surface area contributed by atoms with Crippen molar-refractivity contribution in [2.45, 2.75) is 46.4 Å². The molecule has 8 heteroatoms. The highest BCUT2D eigenvalue weighted by atomic mass is 16.5. The van der Waals surface area contributed by atoms with Crippen LogP contribution in [0, 0.1) is 6.92 Å². The molecule has 30 heavy (non-hydrogen) atoms. The number of carbonyl (C=O) groups excluding carboxylic acids is 1. The molecule has 1 heterocycles. The van der Waals surface area contributed by atoms with Crippen LogP contribution in [-0.2, 0) is 11.3 Å². The van der Waals surface area contributed by atoms with Gasteiger partial charge in [-0.1, -0.05) is 12.1 Å². The Bertz CT molecular complexity index is 860. The average molecular weight is 418 g/mol. The van der Waals surface area contributed by atoms with E-state index in [4.69, 9.17) is 13.9 Å². The van der Waals surface area contributed by atoms with Crippen molar-refractivity contribution >= 4 is 11.9 Å². The van der Waals surface area contributed by atoms with Gasteiger partial charge in [-0.2, -0.15) is 0 Å². The third kappa shape index (κ3) is 6.81. The van der Waals surface area contributed by atoms with Gasteiger partial charge in [-0.15, -0.1) is 0 Å². The highest BCUT2D eigenvalue weighted by molar-refractivity contribution is 5.90. The number of ether oxygens (including phenoxy) is 2. The number of guanidine groups is 1. The number of aliphatic hydroxyl groups is 1. The number of rotatable bonds is 9. The fourth-order valence-corrected chi connectivity index (χ4v) is 2.81. The third-order valence-corrected chi connectivity index (χ3v) is 4.19. The van der Waals surface area contributed by atoms with Gasteiger partial charge in [0.05, 0.1) is 19.3 Å². The molecule has 3 N–H and O–H groups in total. The second kappa shape index (κ2) is 11.3. The SMILES string of the molecule is CCNC(=NCc1cc(C(=O)OC)c(C)o1)NCC(O)c1cccc(OC(C)C)c1. The summed E-state index contributed by atoms with van der Waals surface area (Å²) in [6.45, 7) is 8.73. The quantitative estimate of drug-likeness (QED) is 0.327.